The number of hydrogen-bond donors (Lipinski definition) is 2. The lowest BCUT2D eigenvalue weighted by molar-refractivity contribution is 0.0699. The number of H-pyrrole nitrogens is 1. The Balaban J connectivity index is 2.43. The summed E-state index contributed by atoms with van der Waals surface area (Å²) in [6, 6.07) is 13.3. The van der Waals surface area contributed by atoms with Crippen LogP contribution < -0.4 is 5.69 Å². The number of para-hydroxylation sites is 2. The van der Waals surface area contributed by atoms with Gasteiger partial charge in [0.15, 0.2) is 0 Å². The first-order valence-electron chi connectivity index (χ1n) is 6.10. The molecule has 0 unspecified atom stereocenters. The van der Waals surface area contributed by atoms with E-state index in [0.717, 1.165) is 0 Å². The molecular weight excluding hydrogens is 270 g/mol. The number of nitrogens with zero attached hydrogens (tertiary/aromatic N) is 2. The van der Waals surface area contributed by atoms with Crippen LogP contribution in [-0.2, 0) is 0 Å². The number of aromatic nitrogens is 2. The standard InChI is InChI=1S/C15H9N3O3/c16-8-9-4-1-2-6-11(9)18-12-7-3-5-10(14(19)20)13(12)17-15(18)21/h1-7H,(H,17,21)(H,19,20). The molecule has 0 bridgehead atoms. The Kier molecular flexibility index (Phi) is 2.81. The highest BCUT2D eigenvalue weighted by Gasteiger charge is 2.16. The first-order valence-corrected chi connectivity index (χ1v) is 6.10. The summed E-state index contributed by atoms with van der Waals surface area (Å²) in [5.74, 6) is -1.12. The highest BCUT2D eigenvalue weighted by Crippen LogP contribution is 2.20. The van der Waals surface area contributed by atoms with Crippen LogP contribution in [0.3, 0.4) is 0 Å². The van der Waals surface area contributed by atoms with E-state index in [1.807, 2.05) is 6.07 Å². The Morgan fingerprint density at radius 2 is 1.95 bits per heavy atom. The number of carbonyl (C=O) groups is 1. The van der Waals surface area contributed by atoms with Crippen LogP contribution in [0, 0.1) is 11.3 Å². The smallest absolute Gasteiger partial charge is 0.337 e. The molecule has 0 spiro atoms. The predicted molar refractivity (Wildman–Crippen MR) is 75.6 cm³/mol. The number of nitriles is 1. The fraction of sp³-hybridized carbons (Fsp3) is 0. The van der Waals surface area contributed by atoms with Gasteiger partial charge in [-0.3, -0.25) is 4.57 Å². The Morgan fingerprint density at radius 1 is 1.19 bits per heavy atom. The maximum absolute atomic E-state index is 12.2. The lowest BCUT2D eigenvalue weighted by Crippen LogP contribution is -2.15. The molecule has 21 heavy (non-hydrogen) atoms. The molecule has 0 aliphatic rings. The molecule has 102 valence electrons. The average molecular weight is 279 g/mol. The van der Waals surface area contributed by atoms with Gasteiger partial charge in [-0.25, -0.2) is 9.59 Å². The minimum atomic E-state index is -1.12. The Hall–Kier alpha value is -3.33. The van der Waals surface area contributed by atoms with E-state index in [9.17, 15) is 14.7 Å². The van der Waals surface area contributed by atoms with Crippen LogP contribution in [0.1, 0.15) is 15.9 Å². The van der Waals surface area contributed by atoms with Gasteiger partial charge in [-0.15, -0.1) is 0 Å². The second kappa shape index (κ2) is 4.65. The van der Waals surface area contributed by atoms with Crippen LogP contribution in [0.15, 0.2) is 47.3 Å². The highest BCUT2D eigenvalue weighted by molar-refractivity contribution is 6.01. The van der Waals surface area contributed by atoms with Crippen molar-refractivity contribution in [3.63, 3.8) is 0 Å². The van der Waals surface area contributed by atoms with E-state index in [0.29, 0.717) is 16.8 Å². The van der Waals surface area contributed by atoms with Crippen molar-refractivity contribution >= 4 is 17.0 Å². The summed E-state index contributed by atoms with van der Waals surface area (Å²) in [5.41, 5.74) is 0.935. The molecular formula is C15H9N3O3. The maximum atomic E-state index is 12.2. The number of aromatic amines is 1. The number of imidazole rings is 1. The van der Waals surface area contributed by atoms with Gasteiger partial charge in [0.05, 0.1) is 27.8 Å². The normalized spacial score (nSPS) is 10.4. The van der Waals surface area contributed by atoms with E-state index in [-0.39, 0.29) is 11.1 Å². The van der Waals surface area contributed by atoms with Gasteiger partial charge in [0.1, 0.15) is 6.07 Å². The SMILES string of the molecule is N#Cc1ccccc1-n1c(=O)[nH]c2c(C(=O)O)cccc21. The van der Waals surface area contributed by atoms with Gasteiger partial charge in [0, 0.05) is 0 Å². The van der Waals surface area contributed by atoms with Gasteiger partial charge in [0.2, 0.25) is 0 Å². The van der Waals surface area contributed by atoms with E-state index in [4.69, 9.17) is 5.26 Å². The number of hydrogen-bond acceptors (Lipinski definition) is 3. The van der Waals surface area contributed by atoms with Crippen molar-refractivity contribution in [2.45, 2.75) is 0 Å². The van der Waals surface area contributed by atoms with Gasteiger partial charge in [-0.05, 0) is 24.3 Å². The second-order valence-electron chi connectivity index (χ2n) is 4.40. The predicted octanol–water partition coefficient (Wildman–Crippen LogP) is 1.89. The molecule has 0 radical (unpaired) electrons. The largest absolute Gasteiger partial charge is 0.478 e. The quantitative estimate of drug-likeness (QED) is 0.748. The lowest BCUT2D eigenvalue weighted by atomic mass is 10.1. The zero-order chi connectivity index (χ0) is 15.0. The molecule has 2 N–H and O–H groups in total. The number of nitrogens with one attached hydrogen (secondary N) is 1. The van der Waals surface area contributed by atoms with Crippen LogP contribution in [-0.4, -0.2) is 20.6 Å². The van der Waals surface area contributed by atoms with Gasteiger partial charge in [-0.2, -0.15) is 5.26 Å². The van der Waals surface area contributed by atoms with Crippen molar-refractivity contribution in [1.82, 2.24) is 9.55 Å². The lowest BCUT2D eigenvalue weighted by Gasteiger charge is -2.05. The molecule has 0 saturated heterocycles. The van der Waals surface area contributed by atoms with E-state index in [1.54, 1.807) is 36.4 Å². The van der Waals surface area contributed by atoms with Crippen molar-refractivity contribution in [3.8, 4) is 11.8 Å². The average Bonchev–Trinajstić information content (AvgIpc) is 2.82. The molecule has 0 aliphatic carbocycles. The molecule has 0 aliphatic heterocycles. The van der Waals surface area contributed by atoms with Crippen LogP contribution in [0.5, 0.6) is 0 Å². The fourth-order valence-electron chi connectivity index (χ4n) is 2.31. The third kappa shape index (κ3) is 1.88. The molecule has 3 aromatic rings. The minimum Gasteiger partial charge on any atom is -0.478 e. The zero-order valence-electron chi connectivity index (χ0n) is 10.7. The number of fused-ring (bicyclic) bond motifs is 1. The van der Waals surface area contributed by atoms with E-state index in [2.05, 4.69) is 4.98 Å². The number of carboxylic acid groups (broad SMARTS) is 1. The minimum absolute atomic E-state index is 0.0118. The van der Waals surface area contributed by atoms with Crippen molar-refractivity contribution in [2.75, 3.05) is 0 Å². The summed E-state index contributed by atoms with van der Waals surface area (Å²) >= 11 is 0. The van der Waals surface area contributed by atoms with Crippen molar-refractivity contribution in [3.05, 3.63) is 64.1 Å². The third-order valence-electron chi connectivity index (χ3n) is 3.21. The first-order chi connectivity index (χ1) is 10.1. The number of rotatable bonds is 2. The van der Waals surface area contributed by atoms with Crippen molar-refractivity contribution < 1.29 is 9.90 Å². The summed E-state index contributed by atoms with van der Waals surface area (Å²) in [4.78, 5) is 25.9. The topological polar surface area (TPSA) is 98.9 Å². The fourth-order valence-corrected chi connectivity index (χ4v) is 2.31. The molecule has 1 heterocycles. The van der Waals surface area contributed by atoms with E-state index >= 15 is 0 Å². The van der Waals surface area contributed by atoms with Crippen LogP contribution >= 0.6 is 0 Å². The number of carboxylic acids is 1. The second-order valence-corrected chi connectivity index (χ2v) is 4.40. The van der Waals surface area contributed by atoms with E-state index in [1.165, 1.54) is 10.6 Å². The van der Waals surface area contributed by atoms with Crippen LogP contribution in [0.2, 0.25) is 0 Å². The molecule has 0 amide bonds. The molecule has 1 aromatic heterocycles. The zero-order valence-corrected chi connectivity index (χ0v) is 10.7. The molecule has 6 nitrogen and oxygen atoms in total. The van der Waals surface area contributed by atoms with Gasteiger partial charge >= 0.3 is 11.7 Å². The third-order valence-corrected chi connectivity index (χ3v) is 3.21. The maximum Gasteiger partial charge on any atom is 0.337 e. The van der Waals surface area contributed by atoms with E-state index < -0.39 is 11.7 Å². The number of aromatic carboxylic acids is 1. The van der Waals surface area contributed by atoms with Gasteiger partial charge < -0.3 is 10.1 Å². The van der Waals surface area contributed by atoms with Crippen LogP contribution in [0.25, 0.3) is 16.7 Å². The highest BCUT2D eigenvalue weighted by atomic mass is 16.4. The Morgan fingerprint density at radius 3 is 2.67 bits per heavy atom. The van der Waals surface area contributed by atoms with Crippen molar-refractivity contribution in [2.24, 2.45) is 0 Å². The molecule has 3 rings (SSSR count). The van der Waals surface area contributed by atoms with Gasteiger partial charge in [0.25, 0.3) is 0 Å². The summed E-state index contributed by atoms with van der Waals surface area (Å²) in [7, 11) is 0. The van der Waals surface area contributed by atoms with Crippen LogP contribution in [0.4, 0.5) is 0 Å². The molecule has 6 heteroatoms. The Labute approximate surface area is 118 Å². The molecule has 0 atom stereocenters. The summed E-state index contributed by atoms with van der Waals surface area (Å²) in [5, 5.41) is 18.3. The Bertz CT molecular complexity index is 960. The number of benzene rings is 2. The molecule has 0 fully saturated rings. The first kappa shape index (κ1) is 12.7. The molecule has 0 saturated carbocycles. The van der Waals surface area contributed by atoms with Gasteiger partial charge in [-0.1, -0.05) is 18.2 Å². The monoisotopic (exact) mass is 279 g/mol. The molecule has 2 aromatic carbocycles. The summed E-state index contributed by atoms with van der Waals surface area (Å²) in [6.07, 6.45) is 0. The van der Waals surface area contributed by atoms with Crippen molar-refractivity contribution in [1.29, 1.82) is 5.26 Å². The summed E-state index contributed by atoms with van der Waals surface area (Å²) in [6.45, 7) is 0. The summed E-state index contributed by atoms with van der Waals surface area (Å²) < 4.78 is 1.31.